The largest absolute Gasteiger partial charge is 0.497 e. The van der Waals surface area contributed by atoms with Crippen molar-refractivity contribution in [1.29, 1.82) is 5.26 Å². The van der Waals surface area contributed by atoms with Crippen molar-refractivity contribution in [3.63, 3.8) is 0 Å². The Labute approximate surface area is 114 Å². The van der Waals surface area contributed by atoms with E-state index in [9.17, 15) is 10.1 Å². The summed E-state index contributed by atoms with van der Waals surface area (Å²) in [7, 11) is 1.45. The molecule has 0 radical (unpaired) electrons. The van der Waals surface area contributed by atoms with Crippen LogP contribution in [-0.2, 0) is 0 Å². The van der Waals surface area contributed by atoms with E-state index in [2.05, 4.69) is 4.98 Å². The Hall–Kier alpha value is -3.14. The molecule has 100 valence electrons. The van der Waals surface area contributed by atoms with E-state index in [1.165, 1.54) is 43.6 Å². The van der Waals surface area contributed by atoms with Crippen LogP contribution in [0.25, 0.3) is 0 Å². The normalized spacial score (nSPS) is 9.60. The number of methoxy groups -OCH3 is 1. The van der Waals surface area contributed by atoms with E-state index in [0.29, 0.717) is 5.75 Å². The zero-order valence-corrected chi connectivity index (χ0v) is 10.4. The van der Waals surface area contributed by atoms with E-state index < -0.39 is 4.92 Å². The summed E-state index contributed by atoms with van der Waals surface area (Å²) in [6.45, 7) is 0. The molecular formula is C13H9N3O4. The summed E-state index contributed by atoms with van der Waals surface area (Å²) in [5.74, 6) is 0.748. The summed E-state index contributed by atoms with van der Waals surface area (Å²) in [6.07, 6.45) is 1.39. The van der Waals surface area contributed by atoms with Gasteiger partial charge in [-0.1, -0.05) is 0 Å². The molecule has 0 N–H and O–H groups in total. The number of benzene rings is 1. The molecule has 0 bridgehead atoms. The zero-order valence-electron chi connectivity index (χ0n) is 10.4. The third-order valence-electron chi connectivity index (χ3n) is 2.44. The molecule has 0 aliphatic rings. The molecule has 1 heterocycles. The average Bonchev–Trinajstić information content (AvgIpc) is 2.47. The van der Waals surface area contributed by atoms with Gasteiger partial charge in [0.2, 0.25) is 5.75 Å². The van der Waals surface area contributed by atoms with E-state index in [1.54, 1.807) is 0 Å². The number of rotatable bonds is 4. The number of nitrogens with zero attached hydrogens (tertiary/aromatic N) is 3. The van der Waals surface area contributed by atoms with E-state index in [4.69, 9.17) is 14.7 Å². The first-order chi connectivity index (χ1) is 9.63. The minimum atomic E-state index is -0.554. The predicted molar refractivity (Wildman–Crippen MR) is 68.7 cm³/mol. The van der Waals surface area contributed by atoms with Crippen molar-refractivity contribution in [3.8, 4) is 23.3 Å². The topological polar surface area (TPSA) is 98.3 Å². The summed E-state index contributed by atoms with van der Waals surface area (Å²) in [4.78, 5) is 14.2. The Balaban J connectivity index is 2.40. The highest BCUT2D eigenvalue weighted by molar-refractivity contribution is 5.52. The van der Waals surface area contributed by atoms with Gasteiger partial charge in [0.05, 0.1) is 12.0 Å². The second-order valence-electron chi connectivity index (χ2n) is 3.68. The molecule has 2 rings (SSSR count). The zero-order chi connectivity index (χ0) is 14.5. The minimum absolute atomic E-state index is 0.0319. The van der Waals surface area contributed by atoms with E-state index in [1.807, 2.05) is 6.07 Å². The molecule has 0 fully saturated rings. The fourth-order valence-electron chi connectivity index (χ4n) is 1.52. The number of hydrogen-bond acceptors (Lipinski definition) is 6. The van der Waals surface area contributed by atoms with Gasteiger partial charge in [0.15, 0.2) is 0 Å². The lowest BCUT2D eigenvalue weighted by atomic mass is 10.2. The lowest BCUT2D eigenvalue weighted by Crippen LogP contribution is -1.95. The molecule has 0 spiro atoms. The first kappa shape index (κ1) is 13.3. The maximum atomic E-state index is 11.0. The van der Waals surface area contributed by atoms with Crippen LogP contribution >= 0.6 is 0 Å². The second kappa shape index (κ2) is 5.67. The SMILES string of the molecule is COc1ccc([N+](=O)[O-])c(Oc2ccnc(C#N)c2)c1. The van der Waals surface area contributed by atoms with Crippen LogP contribution in [0.3, 0.4) is 0 Å². The van der Waals surface area contributed by atoms with E-state index in [-0.39, 0.29) is 22.9 Å². The molecule has 0 aliphatic carbocycles. The highest BCUT2D eigenvalue weighted by Crippen LogP contribution is 2.34. The number of nitriles is 1. The van der Waals surface area contributed by atoms with Gasteiger partial charge in [0, 0.05) is 24.4 Å². The summed E-state index contributed by atoms with van der Waals surface area (Å²) in [5, 5.41) is 19.7. The van der Waals surface area contributed by atoms with Gasteiger partial charge in [-0.25, -0.2) is 4.98 Å². The first-order valence-electron chi connectivity index (χ1n) is 5.50. The van der Waals surface area contributed by atoms with E-state index in [0.717, 1.165) is 0 Å². The summed E-state index contributed by atoms with van der Waals surface area (Å²) < 4.78 is 10.4. The number of nitro benzene ring substituents is 1. The van der Waals surface area contributed by atoms with Gasteiger partial charge in [-0.05, 0) is 12.1 Å². The van der Waals surface area contributed by atoms with Crippen LogP contribution in [0.1, 0.15) is 5.69 Å². The monoisotopic (exact) mass is 271 g/mol. The van der Waals surface area contributed by atoms with Crippen molar-refractivity contribution in [2.45, 2.75) is 0 Å². The summed E-state index contributed by atoms with van der Waals surface area (Å²) in [5.41, 5.74) is -0.0332. The molecule has 7 nitrogen and oxygen atoms in total. The van der Waals surface area contributed by atoms with Gasteiger partial charge in [0.1, 0.15) is 23.3 Å². The third-order valence-corrected chi connectivity index (χ3v) is 2.44. The van der Waals surface area contributed by atoms with Crippen LogP contribution in [0, 0.1) is 21.4 Å². The van der Waals surface area contributed by atoms with Gasteiger partial charge in [-0.2, -0.15) is 5.26 Å². The maximum absolute atomic E-state index is 11.0. The number of pyridine rings is 1. The van der Waals surface area contributed by atoms with Gasteiger partial charge < -0.3 is 9.47 Å². The molecule has 0 saturated heterocycles. The predicted octanol–water partition coefficient (Wildman–Crippen LogP) is 2.66. The Kier molecular flexibility index (Phi) is 3.77. The third kappa shape index (κ3) is 2.81. The molecule has 1 aromatic heterocycles. The molecule has 1 aromatic carbocycles. The Morgan fingerprint density at radius 2 is 2.10 bits per heavy atom. The van der Waals surface area contributed by atoms with Gasteiger partial charge in [-0.15, -0.1) is 0 Å². The van der Waals surface area contributed by atoms with Crippen molar-refractivity contribution in [3.05, 3.63) is 52.3 Å². The van der Waals surface area contributed by atoms with Crippen molar-refractivity contribution in [2.75, 3.05) is 7.11 Å². The lowest BCUT2D eigenvalue weighted by Gasteiger charge is -2.08. The van der Waals surface area contributed by atoms with Gasteiger partial charge in [-0.3, -0.25) is 10.1 Å². The van der Waals surface area contributed by atoms with Crippen LogP contribution < -0.4 is 9.47 Å². The Bertz CT molecular complexity index is 694. The second-order valence-corrected chi connectivity index (χ2v) is 3.68. The molecule has 2 aromatic rings. The standard InChI is InChI=1S/C13H9N3O4/c1-19-10-2-3-12(16(17)18)13(7-10)20-11-4-5-15-9(6-11)8-14/h2-7H,1H3. The van der Waals surface area contributed by atoms with Crippen molar-refractivity contribution >= 4 is 5.69 Å². The molecule has 0 saturated carbocycles. The highest BCUT2D eigenvalue weighted by atomic mass is 16.6. The van der Waals surface area contributed by atoms with Crippen LogP contribution in [0.15, 0.2) is 36.5 Å². The average molecular weight is 271 g/mol. The maximum Gasteiger partial charge on any atom is 0.311 e. The van der Waals surface area contributed by atoms with Gasteiger partial charge in [0.25, 0.3) is 0 Å². The molecular weight excluding hydrogens is 262 g/mol. The van der Waals surface area contributed by atoms with Crippen LogP contribution in [0.5, 0.6) is 17.2 Å². The molecule has 7 heteroatoms. The molecule has 20 heavy (non-hydrogen) atoms. The van der Waals surface area contributed by atoms with Gasteiger partial charge >= 0.3 is 5.69 Å². The molecule has 0 unspecified atom stereocenters. The van der Waals surface area contributed by atoms with Crippen molar-refractivity contribution in [1.82, 2.24) is 4.98 Å². The quantitative estimate of drug-likeness (QED) is 0.626. The smallest absolute Gasteiger partial charge is 0.311 e. The lowest BCUT2D eigenvalue weighted by molar-refractivity contribution is -0.385. The number of ether oxygens (including phenoxy) is 2. The first-order valence-corrected chi connectivity index (χ1v) is 5.50. The molecule has 0 aliphatic heterocycles. The number of aromatic nitrogens is 1. The van der Waals surface area contributed by atoms with Crippen molar-refractivity contribution < 1.29 is 14.4 Å². The summed E-state index contributed by atoms with van der Waals surface area (Å²) in [6, 6.07) is 8.93. The highest BCUT2D eigenvalue weighted by Gasteiger charge is 2.17. The minimum Gasteiger partial charge on any atom is -0.497 e. The fraction of sp³-hybridized carbons (Fsp3) is 0.0769. The van der Waals surface area contributed by atoms with Crippen LogP contribution in [0.2, 0.25) is 0 Å². The molecule has 0 amide bonds. The summed E-state index contributed by atoms with van der Waals surface area (Å²) >= 11 is 0. The fourth-order valence-corrected chi connectivity index (χ4v) is 1.52. The Morgan fingerprint density at radius 1 is 1.30 bits per heavy atom. The number of nitro groups is 1. The van der Waals surface area contributed by atoms with Crippen molar-refractivity contribution in [2.24, 2.45) is 0 Å². The van der Waals surface area contributed by atoms with Crippen LogP contribution in [-0.4, -0.2) is 17.0 Å². The Morgan fingerprint density at radius 3 is 2.75 bits per heavy atom. The number of hydrogen-bond donors (Lipinski definition) is 0. The van der Waals surface area contributed by atoms with Crippen LogP contribution in [0.4, 0.5) is 5.69 Å². The molecule has 0 atom stereocenters. The van der Waals surface area contributed by atoms with E-state index >= 15 is 0 Å².